The van der Waals surface area contributed by atoms with Crippen molar-refractivity contribution in [3.8, 4) is 22.8 Å². The molecule has 0 aliphatic rings. The summed E-state index contributed by atoms with van der Waals surface area (Å²) < 4.78 is 1.89. The Balaban J connectivity index is 1.63. The second-order valence-electron chi connectivity index (χ2n) is 7.76. The average Bonchev–Trinajstić information content (AvgIpc) is 3.12. The number of rotatable bonds is 5. The summed E-state index contributed by atoms with van der Waals surface area (Å²) >= 11 is 0. The molecule has 32 heavy (non-hydrogen) atoms. The van der Waals surface area contributed by atoms with Crippen molar-refractivity contribution >= 4 is 11.5 Å². The van der Waals surface area contributed by atoms with Crippen molar-refractivity contribution in [3.63, 3.8) is 0 Å². The standard InChI is InChI=1S/C26H22N4O2/c27-25-22(14-18-6-10-20(31)11-7-18)29-26-23(15-17-4-2-1-3-5-17)28-24(16-30(25)26)19-8-12-21(32)13-9-19/h1-13,16,31-32H,14-15,27H2. The molecular formula is C26H22N4O2. The SMILES string of the molecule is Nc1c(Cc2ccc(O)cc2)nc2c(Cc3ccccc3)nc(-c3ccc(O)cc3)cn12. The van der Waals surface area contributed by atoms with Crippen LogP contribution in [0.1, 0.15) is 22.5 Å². The summed E-state index contributed by atoms with van der Waals surface area (Å²) in [5.41, 5.74) is 12.6. The Hall–Kier alpha value is -4.32. The van der Waals surface area contributed by atoms with E-state index >= 15 is 0 Å². The Morgan fingerprint density at radius 3 is 1.97 bits per heavy atom. The van der Waals surface area contributed by atoms with Crippen LogP contribution in [0.4, 0.5) is 5.82 Å². The molecule has 158 valence electrons. The summed E-state index contributed by atoms with van der Waals surface area (Å²) in [5, 5.41) is 19.2. The fourth-order valence-corrected chi connectivity index (χ4v) is 3.79. The molecule has 0 saturated carbocycles. The van der Waals surface area contributed by atoms with Crippen molar-refractivity contribution in [1.82, 2.24) is 14.4 Å². The number of benzene rings is 3. The number of fused-ring (bicyclic) bond motifs is 1. The smallest absolute Gasteiger partial charge is 0.160 e. The summed E-state index contributed by atoms with van der Waals surface area (Å²) in [4.78, 5) is 9.76. The number of phenolic OH excluding ortho intramolecular Hbond substituents is 2. The average molecular weight is 422 g/mol. The summed E-state index contributed by atoms with van der Waals surface area (Å²) in [6.45, 7) is 0. The molecule has 0 bridgehead atoms. The van der Waals surface area contributed by atoms with Crippen molar-refractivity contribution in [2.45, 2.75) is 12.8 Å². The monoisotopic (exact) mass is 422 g/mol. The minimum atomic E-state index is 0.206. The van der Waals surface area contributed by atoms with Gasteiger partial charge in [-0.15, -0.1) is 0 Å². The molecule has 6 nitrogen and oxygen atoms in total. The maximum Gasteiger partial charge on any atom is 0.160 e. The number of hydrogen-bond acceptors (Lipinski definition) is 5. The lowest BCUT2D eigenvalue weighted by atomic mass is 10.1. The predicted octanol–water partition coefficient (Wildman–Crippen LogP) is 4.57. The molecule has 0 amide bonds. The lowest BCUT2D eigenvalue weighted by Crippen LogP contribution is -2.03. The lowest BCUT2D eigenvalue weighted by Gasteiger charge is -2.09. The van der Waals surface area contributed by atoms with E-state index in [0.29, 0.717) is 18.7 Å². The van der Waals surface area contributed by atoms with E-state index in [1.165, 1.54) is 0 Å². The lowest BCUT2D eigenvalue weighted by molar-refractivity contribution is 0.474. The fraction of sp³-hybridized carbons (Fsp3) is 0.0769. The minimum Gasteiger partial charge on any atom is -0.508 e. The van der Waals surface area contributed by atoms with E-state index in [1.807, 2.05) is 53.1 Å². The minimum absolute atomic E-state index is 0.206. The van der Waals surface area contributed by atoms with Crippen molar-refractivity contribution in [3.05, 3.63) is 108 Å². The molecule has 2 aromatic heterocycles. The first-order chi connectivity index (χ1) is 15.6. The quantitative estimate of drug-likeness (QED) is 0.385. The van der Waals surface area contributed by atoms with Crippen LogP contribution in [-0.4, -0.2) is 24.6 Å². The second-order valence-corrected chi connectivity index (χ2v) is 7.76. The van der Waals surface area contributed by atoms with Crippen LogP contribution < -0.4 is 5.73 Å². The first-order valence-electron chi connectivity index (χ1n) is 10.3. The highest BCUT2D eigenvalue weighted by Gasteiger charge is 2.17. The van der Waals surface area contributed by atoms with Crippen LogP contribution in [-0.2, 0) is 12.8 Å². The Morgan fingerprint density at radius 1 is 0.688 bits per heavy atom. The van der Waals surface area contributed by atoms with Gasteiger partial charge in [-0.3, -0.25) is 4.40 Å². The predicted molar refractivity (Wildman–Crippen MR) is 125 cm³/mol. The summed E-state index contributed by atoms with van der Waals surface area (Å²) in [6, 6.07) is 24.1. The van der Waals surface area contributed by atoms with Gasteiger partial charge in [0.05, 0.1) is 17.1 Å². The highest BCUT2D eigenvalue weighted by atomic mass is 16.3. The van der Waals surface area contributed by atoms with E-state index in [1.54, 1.807) is 24.3 Å². The molecule has 5 aromatic rings. The fourth-order valence-electron chi connectivity index (χ4n) is 3.79. The maximum absolute atomic E-state index is 9.66. The largest absolute Gasteiger partial charge is 0.508 e. The number of hydrogen-bond donors (Lipinski definition) is 3. The van der Waals surface area contributed by atoms with E-state index in [9.17, 15) is 10.2 Å². The molecule has 0 spiro atoms. The van der Waals surface area contributed by atoms with Gasteiger partial charge in [0.2, 0.25) is 0 Å². The van der Waals surface area contributed by atoms with Gasteiger partial charge in [-0.1, -0.05) is 42.5 Å². The van der Waals surface area contributed by atoms with Crippen molar-refractivity contribution in [2.24, 2.45) is 0 Å². The summed E-state index contributed by atoms with van der Waals surface area (Å²) in [6.07, 6.45) is 3.05. The highest BCUT2D eigenvalue weighted by molar-refractivity contribution is 5.65. The van der Waals surface area contributed by atoms with E-state index < -0.39 is 0 Å². The highest BCUT2D eigenvalue weighted by Crippen LogP contribution is 2.27. The number of anilines is 1. The van der Waals surface area contributed by atoms with Crippen LogP contribution in [0.5, 0.6) is 11.5 Å². The van der Waals surface area contributed by atoms with Crippen LogP contribution >= 0.6 is 0 Å². The van der Waals surface area contributed by atoms with Crippen LogP contribution in [0.2, 0.25) is 0 Å². The zero-order valence-corrected chi connectivity index (χ0v) is 17.3. The number of phenols is 2. The van der Waals surface area contributed by atoms with E-state index in [4.69, 9.17) is 15.7 Å². The number of aromatic nitrogens is 3. The first kappa shape index (κ1) is 19.6. The molecule has 0 fully saturated rings. The Morgan fingerprint density at radius 2 is 1.28 bits per heavy atom. The molecule has 0 saturated heterocycles. The van der Waals surface area contributed by atoms with Gasteiger partial charge >= 0.3 is 0 Å². The second kappa shape index (κ2) is 8.07. The molecular weight excluding hydrogens is 400 g/mol. The molecule has 5 rings (SSSR count). The van der Waals surface area contributed by atoms with Gasteiger partial charge in [0.1, 0.15) is 17.3 Å². The third kappa shape index (κ3) is 3.86. The number of nitrogen functional groups attached to an aromatic ring is 1. The van der Waals surface area contributed by atoms with Gasteiger partial charge in [0, 0.05) is 24.6 Å². The zero-order valence-electron chi connectivity index (χ0n) is 17.3. The molecule has 3 aromatic carbocycles. The van der Waals surface area contributed by atoms with Gasteiger partial charge in [-0.05, 0) is 47.5 Å². The molecule has 0 unspecified atom stereocenters. The number of imidazole rings is 1. The van der Waals surface area contributed by atoms with E-state index in [0.717, 1.165) is 39.4 Å². The third-order valence-corrected chi connectivity index (χ3v) is 5.47. The maximum atomic E-state index is 9.66. The third-order valence-electron chi connectivity index (χ3n) is 5.47. The molecule has 0 atom stereocenters. The van der Waals surface area contributed by atoms with Crippen molar-refractivity contribution < 1.29 is 10.2 Å². The molecule has 6 heteroatoms. The molecule has 2 heterocycles. The topological polar surface area (TPSA) is 96.7 Å². The number of nitrogens with zero attached hydrogens (tertiary/aromatic N) is 3. The normalized spacial score (nSPS) is 11.1. The van der Waals surface area contributed by atoms with Crippen molar-refractivity contribution in [1.29, 1.82) is 0 Å². The summed E-state index contributed by atoms with van der Waals surface area (Å²) in [5.74, 6) is 0.993. The van der Waals surface area contributed by atoms with E-state index in [-0.39, 0.29) is 11.5 Å². The van der Waals surface area contributed by atoms with Gasteiger partial charge in [0.15, 0.2) is 5.65 Å². The molecule has 0 aliphatic carbocycles. The van der Waals surface area contributed by atoms with Gasteiger partial charge < -0.3 is 15.9 Å². The number of aromatic hydroxyl groups is 2. The zero-order chi connectivity index (χ0) is 22.1. The van der Waals surface area contributed by atoms with Crippen LogP contribution in [0.15, 0.2) is 85.1 Å². The molecule has 0 radical (unpaired) electrons. The molecule has 4 N–H and O–H groups in total. The summed E-state index contributed by atoms with van der Waals surface area (Å²) in [7, 11) is 0. The van der Waals surface area contributed by atoms with Gasteiger partial charge in [-0.25, -0.2) is 9.97 Å². The van der Waals surface area contributed by atoms with Gasteiger partial charge in [0.25, 0.3) is 0 Å². The number of nitrogens with two attached hydrogens (primary N) is 1. The van der Waals surface area contributed by atoms with Crippen LogP contribution in [0, 0.1) is 0 Å². The van der Waals surface area contributed by atoms with Crippen LogP contribution in [0.25, 0.3) is 16.9 Å². The molecule has 0 aliphatic heterocycles. The Labute approximate surface area is 185 Å². The first-order valence-corrected chi connectivity index (χ1v) is 10.3. The van der Waals surface area contributed by atoms with Gasteiger partial charge in [-0.2, -0.15) is 0 Å². The van der Waals surface area contributed by atoms with Crippen LogP contribution in [0.3, 0.4) is 0 Å². The van der Waals surface area contributed by atoms with E-state index in [2.05, 4.69) is 12.1 Å². The van der Waals surface area contributed by atoms with Crippen molar-refractivity contribution in [2.75, 3.05) is 5.73 Å². The Bertz CT molecular complexity index is 1380. The Kier molecular flexibility index (Phi) is 4.95.